The second-order valence-electron chi connectivity index (χ2n) is 11.2. The lowest BCUT2D eigenvalue weighted by atomic mass is 9.93. The van der Waals surface area contributed by atoms with Crippen LogP contribution in [0.4, 0.5) is 4.79 Å². The lowest BCUT2D eigenvalue weighted by Crippen LogP contribution is -2.54. The maximum atomic E-state index is 14.4. The van der Waals surface area contributed by atoms with Crippen LogP contribution in [0.2, 0.25) is 0 Å². The van der Waals surface area contributed by atoms with Gasteiger partial charge in [0, 0.05) is 19.5 Å². The zero-order valence-corrected chi connectivity index (χ0v) is 25.8. The van der Waals surface area contributed by atoms with Gasteiger partial charge in [-0.15, -0.1) is 0 Å². The molecule has 0 spiro atoms. The third-order valence-electron chi connectivity index (χ3n) is 6.42. The topological polar surface area (TPSA) is 134 Å². The SMILES string of the molecule is CCCN(C(=O)C(Cc1ccc(O)cc1)NC(=O)OC(C)(C)C)C(C(=O)NCCC(=O)OCC)c1c(C)cccc1C. The van der Waals surface area contributed by atoms with Crippen molar-refractivity contribution < 1.29 is 33.8 Å². The highest BCUT2D eigenvalue weighted by Crippen LogP contribution is 2.29. The standard InChI is InChI=1S/C32H45N3O7/c1-8-19-35(28(27-21(3)11-10-12-22(27)4)29(38)33-18-17-26(37)41-9-2)30(39)25(34-31(40)42-32(5,6)7)20-23-13-15-24(36)16-14-23/h10-16,25,28,36H,8-9,17-20H2,1-7H3,(H,33,38)(H,34,40). The van der Waals surface area contributed by atoms with Crippen LogP contribution in [-0.2, 0) is 30.3 Å². The Hall–Kier alpha value is -4.08. The summed E-state index contributed by atoms with van der Waals surface area (Å²) < 4.78 is 10.4. The van der Waals surface area contributed by atoms with Crippen molar-refractivity contribution in [3.8, 4) is 5.75 Å². The summed E-state index contributed by atoms with van der Waals surface area (Å²) in [6, 6.07) is 9.89. The lowest BCUT2D eigenvalue weighted by Gasteiger charge is -2.35. The molecule has 42 heavy (non-hydrogen) atoms. The largest absolute Gasteiger partial charge is 0.508 e. The van der Waals surface area contributed by atoms with Crippen molar-refractivity contribution in [2.75, 3.05) is 19.7 Å². The van der Waals surface area contributed by atoms with Crippen molar-refractivity contribution >= 4 is 23.9 Å². The molecule has 10 nitrogen and oxygen atoms in total. The molecule has 2 aromatic rings. The predicted octanol–water partition coefficient (Wildman–Crippen LogP) is 4.49. The van der Waals surface area contributed by atoms with Gasteiger partial charge in [0.1, 0.15) is 23.4 Å². The molecule has 230 valence electrons. The Balaban J connectivity index is 2.53. The molecule has 3 N–H and O–H groups in total. The van der Waals surface area contributed by atoms with Crippen molar-refractivity contribution in [1.82, 2.24) is 15.5 Å². The van der Waals surface area contributed by atoms with E-state index in [0.29, 0.717) is 17.5 Å². The molecule has 0 fully saturated rings. The van der Waals surface area contributed by atoms with Crippen LogP contribution < -0.4 is 10.6 Å². The van der Waals surface area contributed by atoms with E-state index in [0.717, 1.165) is 11.1 Å². The highest BCUT2D eigenvalue weighted by Gasteiger charge is 2.37. The first-order valence-electron chi connectivity index (χ1n) is 14.3. The van der Waals surface area contributed by atoms with Gasteiger partial charge in [0.15, 0.2) is 0 Å². The minimum atomic E-state index is -1.07. The number of benzene rings is 2. The highest BCUT2D eigenvalue weighted by atomic mass is 16.6. The predicted molar refractivity (Wildman–Crippen MR) is 160 cm³/mol. The highest BCUT2D eigenvalue weighted by molar-refractivity contribution is 5.93. The van der Waals surface area contributed by atoms with Crippen molar-refractivity contribution in [2.24, 2.45) is 0 Å². The van der Waals surface area contributed by atoms with Gasteiger partial charge in [-0.25, -0.2) is 4.79 Å². The molecule has 0 bridgehead atoms. The number of aromatic hydroxyl groups is 1. The average molecular weight is 584 g/mol. The number of carbonyl (C=O) groups excluding carboxylic acids is 4. The zero-order valence-electron chi connectivity index (χ0n) is 25.8. The van der Waals surface area contributed by atoms with Crippen molar-refractivity contribution in [3.05, 3.63) is 64.7 Å². The van der Waals surface area contributed by atoms with Gasteiger partial charge in [0.2, 0.25) is 11.8 Å². The number of ether oxygens (including phenoxy) is 2. The van der Waals surface area contributed by atoms with Crippen LogP contribution >= 0.6 is 0 Å². The number of phenolic OH excluding ortho intramolecular Hbond substituents is 1. The van der Waals surface area contributed by atoms with E-state index in [-0.39, 0.29) is 38.3 Å². The van der Waals surface area contributed by atoms with Gasteiger partial charge in [-0.3, -0.25) is 14.4 Å². The Kier molecular flexibility index (Phi) is 12.8. The number of nitrogens with zero attached hydrogens (tertiary/aromatic N) is 1. The molecule has 0 aliphatic carbocycles. The Morgan fingerprint density at radius 3 is 2.14 bits per heavy atom. The minimum Gasteiger partial charge on any atom is -0.508 e. The lowest BCUT2D eigenvalue weighted by molar-refractivity contribution is -0.144. The third kappa shape index (κ3) is 10.4. The van der Waals surface area contributed by atoms with E-state index in [1.165, 1.54) is 17.0 Å². The Labute approximate surface area is 248 Å². The summed E-state index contributed by atoms with van der Waals surface area (Å²) in [5.41, 5.74) is 2.22. The Bertz CT molecular complexity index is 1200. The van der Waals surface area contributed by atoms with Gasteiger partial charge in [-0.1, -0.05) is 37.3 Å². The van der Waals surface area contributed by atoms with E-state index in [4.69, 9.17) is 9.47 Å². The molecule has 0 heterocycles. The van der Waals surface area contributed by atoms with Crippen LogP contribution in [-0.4, -0.2) is 65.2 Å². The molecular formula is C32H45N3O7. The van der Waals surface area contributed by atoms with Gasteiger partial charge in [-0.2, -0.15) is 0 Å². The fourth-order valence-electron chi connectivity index (χ4n) is 4.63. The number of carbonyl (C=O) groups is 4. The number of hydrogen-bond donors (Lipinski definition) is 3. The maximum absolute atomic E-state index is 14.4. The van der Waals surface area contributed by atoms with Crippen LogP contribution in [0.1, 0.15) is 75.8 Å². The molecule has 3 amide bonds. The number of esters is 1. The van der Waals surface area contributed by atoms with Gasteiger partial charge in [0.25, 0.3) is 0 Å². The number of alkyl carbamates (subject to hydrolysis) is 1. The second kappa shape index (κ2) is 15.8. The average Bonchev–Trinajstić information content (AvgIpc) is 2.89. The van der Waals surface area contributed by atoms with E-state index < -0.39 is 41.6 Å². The van der Waals surface area contributed by atoms with Crippen LogP contribution in [0, 0.1) is 13.8 Å². The zero-order chi connectivity index (χ0) is 31.4. The van der Waals surface area contributed by atoms with Crippen LogP contribution in [0.15, 0.2) is 42.5 Å². The van der Waals surface area contributed by atoms with Crippen molar-refractivity contribution in [1.29, 1.82) is 0 Å². The smallest absolute Gasteiger partial charge is 0.408 e. The number of nitrogens with one attached hydrogen (secondary N) is 2. The van der Waals surface area contributed by atoms with Crippen LogP contribution in [0.3, 0.4) is 0 Å². The van der Waals surface area contributed by atoms with E-state index in [1.807, 2.05) is 39.0 Å². The van der Waals surface area contributed by atoms with Crippen molar-refractivity contribution in [3.63, 3.8) is 0 Å². The molecule has 0 saturated heterocycles. The minimum absolute atomic E-state index is 0.00947. The van der Waals surface area contributed by atoms with Crippen LogP contribution in [0.25, 0.3) is 0 Å². The number of aryl methyl sites for hydroxylation is 2. The summed E-state index contributed by atoms with van der Waals surface area (Å²) >= 11 is 0. The summed E-state index contributed by atoms with van der Waals surface area (Å²) in [7, 11) is 0. The fourth-order valence-corrected chi connectivity index (χ4v) is 4.63. The molecule has 2 aromatic carbocycles. The first-order chi connectivity index (χ1) is 19.8. The molecule has 0 aliphatic rings. The first-order valence-corrected chi connectivity index (χ1v) is 14.3. The van der Waals surface area contributed by atoms with Gasteiger partial charge in [-0.05, 0) is 82.3 Å². The Morgan fingerprint density at radius 2 is 1.60 bits per heavy atom. The number of rotatable bonds is 13. The van der Waals surface area contributed by atoms with Crippen LogP contribution in [0.5, 0.6) is 5.75 Å². The number of hydrogen-bond acceptors (Lipinski definition) is 7. The molecule has 2 atom stereocenters. The molecular weight excluding hydrogens is 538 g/mol. The Morgan fingerprint density at radius 1 is 0.976 bits per heavy atom. The monoisotopic (exact) mass is 583 g/mol. The first kappa shape index (κ1) is 34.1. The van der Waals surface area contributed by atoms with E-state index in [2.05, 4.69) is 10.6 Å². The summed E-state index contributed by atoms with van der Waals surface area (Å²) in [4.78, 5) is 54.5. The molecule has 0 aromatic heterocycles. The third-order valence-corrected chi connectivity index (χ3v) is 6.42. The summed E-state index contributed by atoms with van der Waals surface area (Å²) in [6.07, 6.45) is -0.132. The number of amides is 3. The molecule has 0 radical (unpaired) electrons. The summed E-state index contributed by atoms with van der Waals surface area (Å²) in [5, 5.41) is 15.3. The summed E-state index contributed by atoms with van der Waals surface area (Å²) in [6.45, 7) is 13.1. The molecule has 0 aliphatic heterocycles. The fraction of sp³-hybridized carbons (Fsp3) is 0.500. The summed E-state index contributed by atoms with van der Waals surface area (Å²) in [5.74, 6) is -1.27. The molecule has 10 heteroatoms. The molecule has 2 unspecified atom stereocenters. The maximum Gasteiger partial charge on any atom is 0.408 e. The van der Waals surface area contributed by atoms with Gasteiger partial charge in [0.05, 0.1) is 13.0 Å². The van der Waals surface area contributed by atoms with E-state index in [1.54, 1.807) is 39.8 Å². The van der Waals surface area contributed by atoms with E-state index >= 15 is 0 Å². The second-order valence-corrected chi connectivity index (χ2v) is 11.2. The van der Waals surface area contributed by atoms with Gasteiger partial charge >= 0.3 is 12.1 Å². The molecule has 2 rings (SSSR count). The molecule has 0 saturated carbocycles. The quantitative estimate of drug-likeness (QED) is 0.296. The van der Waals surface area contributed by atoms with E-state index in [9.17, 15) is 24.3 Å². The van der Waals surface area contributed by atoms with Gasteiger partial charge < -0.3 is 30.1 Å². The normalized spacial score (nSPS) is 12.5. The number of phenols is 1. The van der Waals surface area contributed by atoms with Crippen molar-refractivity contribution in [2.45, 2.75) is 85.4 Å².